The molecule has 2 aliphatic heterocycles. The first-order valence-corrected chi connectivity index (χ1v) is 5.46. The SMILES string of the molecule is OCC(C1COCO1)N1CCCCC1. The lowest BCUT2D eigenvalue weighted by Gasteiger charge is -2.35. The van der Waals surface area contributed by atoms with Crippen LogP contribution in [0.3, 0.4) is 0 Å². The lowest BCUT2D eigenvalue weighted by Crippen LogP contribution is -2.49. The van der Waals surface area contributed by atoms with Crippen molar-refractivity contribution in [2.24, 2.45) is 0 Å². The summed E-state index contributed by atoms with van der Waals surface area (Å²) in [5, 5.41) is 9.36. The number of rotatable bonds is 3. The summed E-state index contributed by atoms with van der Waals surface area (Å²) in [5.74, 6) is 0. The van der Waals surface area contributed by atoms with E-state index in [1.165, 1.54) is 19.3 Å². The molecule has 0 aromatic heterocycles. The zero-order chi connectivity index (χ0) is 9.80. The largest absolute Gasteiger partial charge is 0.395 e. The van der Waals surface area contributed by atoms with Crippen molar-refractivity contribution in [3.05, 3.63) is 0 Å². The second-order valence-corrected chi connectivity index (χ2v) is 4.04. The molecule has 14 heavy (non-hydrogen) atoms. The Kier molecular flexibility index (Phi) is 3.75. The highest BCUT2D eigenvalue weighted by atomic mass is 16.7. The highest BCUT2D eigenvalue weighted by Gasteiger charge is 2.31. The molecule has 82 valence electrons. The topological polar surface area (TPSA) is 41.9 Å². The lowest BCUT2D eigenvalue weighted by atomic mass is 10.1. The first-order valence-electron chi connectivity index (χ1n) is 5.46. The van der Waals surface area contributed by atoms with E-state index < -0.39 is 0 Å². The molecule has 4 heteroatoms. The van der Waals surface area contributed by atoms with Gasteiger partial charge in [0.2, 0.25) is 0 Å². The first kappa shape index (κ1) is 10.4. The Bertz CT molecular complexity index is 165. The third-order valence-corrected chi connectivity index (χ3v) is 3.12. The fraction of sp³-hybridized carbons (Fsp3) is 1.00. The van der Waals surface area contributed by atoms with Gasteiger partial charge in [0.25, 0.3) is 0 Å². The van der Waals surface area contributed by atoms with Gasteiger partial charge in [0, 0.05) is 0 Å². The van der Waals surface area contributed by atoms with Crippen molar-refractivity contribution in [1.82, 2.24) is 4.90 Å². The van der Waals surface area contributed by atoms with Gasteiger partial charge in [-0.2, -0.15) is 0 Å². The lowest BCUT2D eigenvalue weighted by molar-refractivity contribution is -0.0145. The standard InChI is InChI=1S/C10H19NO3/c12-6-9(10-7-13-8-14-10)11-4-2-1-3-5-11/h9-10,12H,1-8H2. The van der Waals surface area contributed by atoms with Crippen LogP contribution in [0.2, 0.25) is 0 Å². The maximum Gasteiger partial charge on any atom is 0.147 e. The highest BCUT2D eigenvalue weighted by molar-refractivity contribution is 4.82. The van der Waals surface area contributed by atoms with Crippen LogP contribution in [0, 0.1) is 0 Å². The Morgan fingerprint density at radius 1 is 1.29 bits per heavy atom. The molecule has 0 radical (unpaired) electrons. The summed E-state index contributed by atoms with van der Waals surface area (Å²) in [7, 11) is 0. The van der Waals surface area contributed by atoms with E-state index in [-0.39, 0.29) is 18.8 Å². The molecule has 0 aliphatic carbocycles. The van der Waals surface area contributed by atoms with Gasteiger partial charge in [0.15, 0.2) is 0 Å². The Labute approximate surface area is 84.8 Å². The zero-order valence-corrected chi connectivity index (χ0v) is 8.52. The third kappa shape index (κ3) is 2.25. The average Bonchev–Trinajstić information content (AvgIpc) is 2.74. The van der Waals surface area contributed by atoms with Crippen molar-refractivity contribution in [1.29, 1.82) is 0 Å². The van der Waals surface area contributed by atoms with Crippen LogP contribution in [0.1, 0.15) is 19.3 Å². The van der Waals surface area contributed by atoms with Gasteiger partial charge in [-0.1, -0.05) is 6.42 Å². The van der Waals surface area contributed by atoms with Gasteiger partial charge < -0.3 is 14.6 Å². The fourth-order valence-electron chi connectivity index (χ4n) is 2.29. The Morgan fingerprint density at radius 2 is 2.07 bits per heavy atom. The summed E-state index contributed by atoms with van der Waals surface area (Å²) in [6, 6.07) is 0.137. The zero-order valence-electron chi connectivity index (χ0n) is 8.52. The molecule has 0 bridgehead atoms. The maximum absolute atomic E-state index is 9.36. The van der Waals surface area contributed by atoms with Crippen molar-refractivity contribution >= 4 is 0 Å². The van der Waals surface area contributed by atoms with Crippen molar-refractivity contribution in [2.45, 2.75) is 31.4 Å². The Morgan fingerprint density at radius 3 is 2.64 bits per heavy atom. The van der Waals surface area contributed by atoms with Crippen LogP contribution in [-0.2, 0) is 9.47 Å². The van der Waals surface area contributed by atoms with Crippen LogP contribution in [0.4, 0.5) is 0 Å². The van der Waals surface area contributed by atoms with Crippen molar-refractivity contribution in [3.8, 4) is 0 Å². The van der Waals surface area contributed by atoms with Gasteiger partial charge in [-0.15, -0.1) is 0 Å². The van der Waals surface area contributed by atoms with Gasteiger partial charge in [0.1, 0.15) is 12.9 Å². The van der Waals surface area contributed by atoms with Crippen LogP contribution in [-0.4, -0.2) is 55.2 Å². The summed E-state index contributed by atoms with van der Waals surface area (Å²) >= 11 is 0. The minimum atomic E-state index is 0.0677. The number of hydrogen-bond donors (Lipinski definition) is 1. The van der Waals surface area contributed by atoms with Gasteiger partial charge in [0.05, 0.1) is 19.3 Å². The maximum atomic E-state index is 9.36. The number of hydrogen-bond acceptors (Lipinski definition) is 4. The van der Waals surface area contributed by atoms with Crippen LogP contribution in [0.25, 0.3) is 0 Å². The molecule has 2 atom stereocenters. The van der Waals surface area contributed by atoms with E-state index in [0.29, 0.717) is 13.4 Å². The van der Waals surface area contributed by atoms with E-state index in [4.69, 9.17) is 9.47 Å². The van der Waals surface area contributed by atoms with E-state index in [9.17, 15) is 5.11 Å². The summed E-state index contributed by atoms with van der Waals surface area (Å²) in [5.41, 5.74) is 0. The number of nitrogens with zero attached hydrogens (tertiary/aromatic N) is 1. The fourth-order valence-corrected chi connectivity index (χ4v) is 2.29. The quantitative estimate of drug-likeness (QED) is 0.708. The molecule has 2 aliphatic rings. The molecule has 0 aromatic rings. The van der Waals surface area contributed by atoms with Gasteiger partial charge in [-0.25, -0.2) is 0 Å². The predicted octanol–water partition coefficient (Wildman–Crippen LogP) is 0.206. The van der Waals surface area contributed by atoms with E-state index in [2.05, 4.69) is 4.90 Å². The minimum absolute atomic E-state index is 0.0677. The number of piperidine rings is 1. The minimum Gasteiger partial charge on any atom is -0.395 e. The first-order chi connectivity index (χ1) is 6.92. The molecule has 4 nitrogen and oxygen atoms in total. The van der Waals surface area contributed by atoms with Crippen LogP contribution in [0.15, 0.2) is 0 Å². The van der Waals surface area contributed by atoms with Crippen molar-refractivity contribution < 1.29 is 14.6 Å². The number of ether oxygens (including phenoxy) is 2. The molecule has 1 N–H and O–H groups in total. The third-order valence-electron chi connectivity index (χ3n) is 3.12. The molecule has 0 amide bonds. The molecule has 2 heterocycles. The number of aliphatic hydroxyl groups is 1. The second-order valence-electron chi connectivity index (χ2n) is 4.04. The van der Waals surface area contributed by atoms with Gasteiger partial charge in [-0.3, -0.25) is 4.90 Å². The molecule has 2 fully saturated rings. The predicted molar refractivity (Wildman–Crippen MR) is 52.0 cm³/mol. The summed E-state index contributed by atoms with van der Waals surface area (Å²) in [4.78, 5) is 2.34. The second kappa shape index (κ2) is 5.07. The molecule has 0 saturated carbocycles. The van der Waals surface area contributed by atoms with Crippen molar-refractivity contribution in [3.63, 3.8) is 0 Å². The van der Waals surface area contributed by atoms with E-state index in [1.54, 1.807) is 0 Å². The molecule has 2 saturated heterocycles. The van der Waals surface area contributed by atoms with Gasteiger partial charge >= 0.3 is 0 Å². The molecule has 2 rings (SSSR count). The van der Waals surface area contributed by atoms with E-state index in [0.717, 1.165) is 13.1 Å². The number of likely N-dealkylation sites (tertiary alicyclic amines) is 1. The van der Waals surface area contributed by atoms with Gasteiger partial charge in [-0.05, 0) is 25.9 Å². The molecule has 2 unspecified atom stereocenters. The van der Waals surface area contributed by atoms with Crippen LogP contribution in [0.5, 0.6) is 0 Å². The monoisotopic (exact) mass is 201 g/mol. The van der Waals surface area contributed by atoms with E-state index >= 15 is 0 Å². The Balaban J connectivity index is 1.89. The Hall–Kier alpha value is -0.160. The van der Waals surface area contributed by atoms with Crippen molar-refractivity contribution in [2.75, 3.05) is 33.1 Å². The number of aliphatic hydroxyl groups excluding tert-OH is 1. The molecular weight excluding hydrogens is 182 g/mol. The summed E-state index contributed by atoms with van der Waals surface area (Å²) in [6.45, 7) is 3.36. The smallest absolute Gasteiger partial charge is 0.147 e. The molecular formula is C10H19NO3. The van der Waals surface area contributed by atoms with Crippen LogP contribution >= 0.6 is 0 Å². The highest BCUT2D eigenvalue weighted by Crippen LogP contribution is 2.18. The van der Waals surface area contributed by atoms with Crippen LogP contribution < -0.4 is 0 Å². The summed E-state index contributed by atoms with van der Waals surface area (Å²) in [6.07, 6.45) is 3.86. The normalized spacial score (nSPS) is 31.9. The molecule has 0 spiro atoms. The summed E-state index contributed by atoms with van der Waals surface area (Å²) < 4.78 is 10.6. The average molecular weight is 201 g/mol. The molecule has 0 aromatic carbocycles. The van der Waals surface area contributed by atoms with E-state index in [1.807, 2.05) is 0 Å².